The van der Waals surface area contributed by atoms with E-state index < -0.39 is 0 Å². The van der Waals surface area contributed by atoms with Crippen LogP contribution in [0, 0.1) is 0 Å². The second-order valence-corrected chi connectivity index (χ2v) is 18.7. The van der Waals surface area contributed by atoms with E-state index in [4.69, 9.17) is 6.58 Å². The lowest BCUT2D eigenvalue weighted by Gasteiger charge is -2.42. The van der Waals surface area contributed by atoms with Gasteiger partial charge in [0, 0.05) is 38.2 Å². The summed E-state index contributed by atoms with van der Waals surface area (Å²) in [7, 11) is 0. The van der Waals surface area contributed by atoms with Crippen molar-refractivity contribution in [3.63, 3.8) is 0 Å². The number of nitrogens with zero attached hydrogens (tertiary/aromatic N) is 2. The van der Waals surface area contributed by atoms with Gasteiger partial charge in [-0.3, -0.25) is 0 Å². The van der Waals surface area contributed by atoms with Crippen molar-refractivity contribution in [1.82, 2.24) is 4.57 Å². The molecule has 8 aromatic rings. The van der Waals surface area contributed by atoms with Crippen molar-refractivity contribution >= 4 is 40.1 Å². The minimum Gasteiger partial charge on any atom is -0.310 e. The third kappa shape index (κ3) is 5.19. The van der Waals surface area contributed by atoms with Crippen LogP contribution >= 0.6 is 0 Å². The molecule has 0 fully saturated rings. The van der Waals surface area contributed by atoms with Gasteiger partial charge in [-0.15, -0.1) is 0 Å². The second kappa shape index (κ2) is 12.9. The molecule has 0 unspecified atom stereocenters. The number of hydrogen-bond donors (Lipinski definition) is 0. The van der Waals surface area contributed by atoms with Crippen LogP contribution in [0.2, 0.25) is 0 Å². The van der Waals surface area contributed by atoms with Crippen molar-refractivity contribution in [2.24, 2.45) is 0 Å². The van der Waals surface area contributed by atoms with Crippen LogP contribution in [0.3, 0.4) is 0 Å². The molecular weight excluding hydrogens is 725 g/mol. The maximum absolute atomic E-state index is 4.77. The lowest BCUT2D eigenvalue weighted by Crippen LogP contribution is -2.30. The van der Waals surface area contributed by atoms with Gasteiger partial charge in [0.25, 0.3) is 0 Å². The van der Waals surface area contributed by atoms with E-state index in [0.29, 0.717) is 0 Å². The summed E-state index contributed by atoms with van der Waals surface area (Å²) in [6, 6.07) is 58.8. The Balaban J connectivity index is 1.05. The third-order valence-electron chi connectivity index (χ3n) is 14.3. The Hall–Kier alpha value is -6.64. The number of aromatic nitrogens is 1. The fourth-order valence-electron chi connectivity index (χ4n) is 10.8. The van der Waals surface area contributed by atoms with Gasteiger partial charge in [-0.2, -0.15) is 0 Å². The number of para-hydroxylation sites is 2. The quantitative estimate of drug-likeness (QED) is 0.174. The molecule has 0 radical (unpaired) electrons. The Labute approximate surface area is 354 Å². The summed E-state index contributed by atoms with van der Waals surface area (Å²) < 4.78 is 2.50. The molecule has 11 rings (SSSR count). The van der Waals surface area contributed by atoms with Crippen molar-refractivity contribution in [2.45, 2.75) is 64.2 Å². The van der Waals surface area contributed by atoms with Crippen LogP contribution in [-0.4, -0.2) is 4.57 Å². The first-order chi connectivity index (χ1) is 28.9. The minimum absolute atomic E-state index is 0.0846. The van der Waals surface area contributed by atoms with Crippen molar-refractivity contribution in [3.8, 4) is 27.9 Å². The molecule has 2 aliphatic carbocycles. The first-order valence-corrected chi connectivity index (χ1v) is 21.4. The zero-order valence-corrected chi connectivity index (χ0v) is 35.5. The monoisotopic (exact) mass is 774 g/mol. The van der Waals surface area contributed by atoms with Gasteiger partial charge in [0.2, 0.25) is 0 Å². The van der Waals surface area contributed by atoms with Gasteiger partial charge in [-0.05, 0) is 122 Å². The zero-order chi connectivity index (χ0) is 41.1. The number of fused-ring (bicyclic) bond motifs is 9. The Morgan fingerprint density at radius 3 is 1.67 bits per heavy atom. The van der Waals surface area contributed by atoms with Gasteiger partial charge in [-0.1, -0.05) is 163 Å². The normalized spacial score (nSPS) is 17.6. The largest absolute Gasteiger partial charge is 0.310 e. The SMILES string of the molecule is C=C1/C=c2\c(c3cc4c(cc3n2-c2ccc(-c3ccc(N5c6ccccc6C(C)(C)c6ccccc65)cc3)cc2)C(C)(C)c2ccccc2-4)=C/Cc2ccccc2C1(C)C. The average molecular weight is 775 g/mol. The van der Waals surface area contributed by atoms with Crippen LogP contribution in [0.4, 0.5) is 17.1 Å². The van der Waals surface area contributed by atoms with Crippen LogP contribution < -0.4 is 15.5 Å². The van der Waals surface area contributed by atoms with Crippen molar-refractivity contribution in [2.75, 3.05) is 4.90 Å². The number of anilines is 3. The van der Waals surface area contributed by atoms with Crippen molar-refractivity contribution in [1.29, 1.82) is 0 Å². The Bertz CT molecular complexity index is 3150. The fraction of sp³-hybridized carbons (Fsp3) is 0.172. The summed E-state index contributed by atoms with van der Waals surface area (Å²) in [6.07, 6.45) is 5.68. The molecule has 2 heteroatoms. The lowest BCUT2D eigenvalue weighted by atomic mass is 9.73. The summed E-state index contributed by atoms with van der Waals surface area (Å²) in [4.78, 5) is 2.42. The molecule has 0 bridgehead atoms. The summed E-state index contributed by atoms with van der Waals surface area (Å²) in [6.45, 7) is 18.8. The Kier molecular flexibility index (Phi) is 7.85. The smallest absolute Gasteiger partial charge is 0.0544 e. The predicted octanol–water partition coefficient (Wildman–Crippen LogP) is 13.4. The maximum Gasteiger partial charge on any atom is 0.0544 e. The van der Waals surface area contributed by atoms with E-state index in [9.17, 15) is 0 Å². The van der Waals surface area contributed by atoms with Gasteiger partial charge in [-0.25, -0.2) is 0 Å². The highest BCUT2D eigenvalue weighted by Gasteiger charge is 2.38. The van der Waals surface area contributed by atoms with E-state index >= 15 is 0 Å². The first kappa shape index (κ1) is 36.4. The van der Waals surface area contributed by atoms with Gasteiger partial charge in [0.15, 0.2) is 0 Å². The van der Waals surface area contributed by atoms with Crippen LogP contribution in [0.25, 0.3) is 51.0 Å². The Morgan fingerprint density at radius 2 is 1.02 bits per heavy atom. The standard InChI is InChI=1S/C58H50N2/c1-37-34-54-44(33-28-40-16-8-10-18-47(40)56(37,2)3)46-35-45-43-17-9-11-19-48(43)57(4,5)51(45)36-55(46)60(54)42-31-26-39(27-32-42)38-24-29-41(30-25-38)59-52-22-14-12-20-49(52)58(6,7)50-21-13-15-23-53(50)59/h8-27,29-36H,1,28H2,2-7H3/b44-33-,54-34+. The average Bonchev–Trinajstić information content (AvgIpc) is 3.69. The molecule has 0 saturated carbocycles. The summed E-state index contributed by atoms with van der Waals surface area (Å²) in [5, 5.41) is 3.74. The van der Waals surface area contributed by atoms with Crippen molar-refractivity contribution in [3.05, 3.63) is 214 Å². The predicted molar refractivity (Wildman–Crippen MR) is 254 cm³/mol. The number of hydrogen-bond acceptors (Lipinski definition) is 1. The Morgan fingerprint density at radius 1 is 0.483 bits per heavy atom. The molecule has 2 heterocycles. The molecule has 0 N–H and O–H groups in total. The molecule has 7 aromatic carbocycles. The minimum atomic E-state index is -0.236. The van der Waals surface area contributed by atoms with Gasteiger partial charge >= 0.3 is 0 Å². The lowest BCUT2D eigenvalue weighted by molar-refractivity contribution is 0.632. The molecule has 60 heavy (non-hydrogen) atoms. The van der Waals surface area contributed by atoms with Crippen LogP contribution in [0.1, 0.15) is 74.9 Å². The van der Waals surface area contributed by atoms with E-state index in [1.54, 1.807) is 0 Å². The van der Waals surface area contributed by atoms with Crippen LogP contribution in [0.15, 0.2) is 170 Å². The van der Waals surface area contributed by atoms with Crippen LogP contribution in [0.5, 0.6) is 0 Å². The highest BCUT2D eigenvalue weighted by Crippen LogP contribution is 2.52. The fourth-order valence-corrected chi connectivity index (χ4v) is 10.8. The summed E-state index contributed by atoms with van der Waals surface area (Å²) in [5.74, 6) is 0. The topological polar surface area (TPSA) is 8.17 Å². The van der Waals surface area contributed by atoms with E-state index in [0.717, 1.165) is 23.4 Å². The first-order valence-electron chi connectivity index (χ1n) is 21.4. The molecule has 0 spiro atoms. The molecule has 0 saturated heterocycles. The van der Waals surface area contributed by atoms with E-state index in [2.05, 4.69) is 221 Å². The maximum atomic E-state index is 4.77. The number of allylic oxidation sites excluding steroid dienone is 1. The molecule has 1 aromatic heterocycles. The van der Waals surface area contributed by atoms with E-state index in [1.807, 2.05) is 0 Å². The molecule has 0 amide bonds. The second-order valence-electron chi connectivity index (χ2n) is 18.7. The van der Waals surface area contributed by atoms with E-state index in [1.165, 1.54) is 88.5 Å². The zero-order valence-electron chi connectivity index (χ0n) is 35.5. The molecule has 292 valence electrons. The van der Waals surface area contributed by atoms with Crippen LogP contribution in [-0.2, 0) is 22.7 Å². The van der Waals surface area contributed by atoms with Crippen molar-refractivity contribution < 1.29 is 0 Å². The van der Waals surface area contributed by atoms with Gasteiger partial charge in [0.05, 0.1) is 22.2 Å². The highest BCUT2D eigenvalue weighted by atomic mass is 15.2. The molecule has 1 aliphatic heterocycles. The summed E-state index contributed by atoms with van der Waals surface area (Å²) in [5.41, 5.74) is 19.9. The van der Waals surface area contributed by atoms with Gasteiger partial charge in [0.1, 0.15) is 0 Å². The van der Waals surface area contributed by atoms with Gasteiger partial charge < -0.3 is 9.47 Å². The molecule has 3 aliphatic rings. The third-order valence-corrected chi connectivity index (χ3v) is 14.3. The molecule has 0 atom stereocenters. The highest BCUT2D eigenvalue weighted by molar-refractivity contribution is 5.94. The number of benzene rings is 7. The van der Waals surface area contributed by atoms with E-state index in [-0.39, 0.29) is 16.2 Å². The number of rotatable bonds is 3. The molecular formula is C58H50N2. The summed E-state index contributed by atoms with van der Waals surface area (Å²) >= 11 is 0. The molecule has 2 nitrogen and oxygen atoms in total.